The van der Waals surface area contributed by atoms with Crippen LogP contribution in [0.15, 0.2) is 48.8 Å². The van der Waals surface area contributed by atoms with Crippen LogP contribution in [-0.2, 0) is 11.4 Å². The quantitative estimate of drug-likeness (QED) is 0.701. The van der Waals surface area contributed by atoms with Crippen LogP contribution in [0.2, 0.25) is 0 Å². The summed E-state index contributed by atoms with van der Waals surface area (Å²) in [5.74, 6) is 1.21. The molecule has 3 heterocycles. The number of nitrogens with zero attached hydrogens (tertiary/aromatic N) is 2. The number of benzene rings is 1. The van der Waals surface area contributed by atoms with Crippen LogP contribution in [0.4, 0.5) is 5.69 Å². The minimum Gasteiger partial charge on any atom is -0.493 e. The van der Waals surface area contributed by atoms with Gasteiger partial charge in [-0.2, -0.15) is 0 Å². The zero-order valence-electron chi connectivity index (χ0n) is 15.1. The van der Waals surface area contributed by atoms with Crippen molar-refractivity contribution < 1.29 is 14.3 Å². The lowest BCUT2D eigenvalue weighted by atomic mass is 10.1. The van der Waals surface area contributed by atoms with E-state index in [0.29, 0.717) is 23.8 Å². The Hall–Kier alpha value is -3.06. The van der Waals surface area contributed by atoms with E-state index in [1.54, 1.807) is 19.2 Å². The largest absolute Gasteiger partial charge is 0.493 e. The van der Waals surface area contributed by atoms with Gasteiger partial charge >= 0.3 is 0 Å². The van der Waals surface area contributed by atoms with Gasteiger partial charge in [-0.3, -0.25) is 4.79 Å². The Bertz CT molecular complexity index is 914. The molecule has 140 valence electrons. The van der Waals surface area contributed by atoms with E-state index >= 15 is 0 Å². The highest BCUT2D eigenvalue weighted by Crippen LogP contribution is 2.31. The van der Waals surface area contributed by atoms with E-state index in [9.17, 15) is 4.79 Å². The third kappa shape index (κ3) is 3.88. The molecule has 1 atom stereocenters. The van der Waals surface area contributed by atoms with Gasteiger partial charge in [0.1, 0.15) is 12.3 Å². The number of hydrogen-bond donors (Lipinski definition) is 2. The third-order valence-corrected chi connectivity index (χ3v) is 4.65. The van der Waals surface area contributed by atoms with Crippen molar-refractivity contribution in [3.05, 3.63) is 54.5 Å². The zero-order valence-corrected chi connectivity index (χ0v) is 15.1. The molecule has 1 saturated heterocycles. The monoisotopic (exact) mass is 366 g/mol. The average molecular weight is 366 g/mol. The summed E-state index contributed by atoms with van der Waals surface area (Å²) in [6.45, 7) is 1.91. The minimum atomic E-state index is 0.00874. The lowest BCUT2D eigenvalue weighted by Crippen LogP contribution is -2.24. The van der Waals surface area contributed by atoms with Crippen molar-refractivity contribution in [2.24, 2.45) is 5.92 Å². The SMILES string of the molecule is COc1ccc(NC(=O)C2CCNC2)cc1OCc1cn2ccccc2n1. The van der Waals surface area contributed by atoms with Crippen LogP contribution in [0.5, 0.6) is 11.5 Å². The first kappa shape index (κ1) is 17.4. The third-order valence-electron chi connectivity index (χ3n) is 4.65. The van der Waals surface area contributed by atoms with Crippen molar-refractivity contribution in [2.75, 3.05) is 25.5 Å². The fourth-order valence-corrected chi connectivity index (χ4v) is 3.20. The molecule has 0 aliphatic carbocycles. The molecule has 2 aromatic heterocycles. The molecule has 0 saturated carbocycles. The number of hydrogen-bond acceptors (Lipinski definition) is 5. The Morgan fingerprint density at radius 1 is 1.33 bits per heavy atom. The summed E-state index contributed by atoms with van der Waals surface area (Å²) in [6, 6.07) is 11.2. The second kappa shape index (κ2) is 7.67. The van der Waals surface area contributed by atoms with Gasteiger partial charge in [-0.15, -0.1) is 0 Å². The molecule has 4 rings (SSSR count). The van der Waals surface area contributed by atoms with Crippen LogP contribution in [0.25, 0.3) is 5.65 Å². The first-order valence-corrected chi connectivity index (χ1v) is 8.98. The number of carbonyl (C=O) groups is 1. The van der Waals surface area contributed by atoms with Gasteiger partial charge in [0, 0.05) is 30.7 Å². The van der Waals surface area contributed by atoms with E-state index in [1.165, 1.54) is 0 Å². The highest BCUT2D eigenvalue weighted by molar-refractivity contribution is 5.93. The van der Waals surface area contributed by atoms with Crippen molar-refractivity contribution in [3.8, 4) is 11.5 Å². The van der Waals surface area contributed by atoms with E-state index in [0.717, 1.165) is 30.9 Å². The van der Waals surface area contributed by atoms with Crippen molar-refractivity contribution >= 4 is 17.2 Å². The number of ether oxygens (including phenoxy) is 2. The number of rotatable bonds is 6. The summed E-state index contributed by atoms with van der Waals surface area (Å²) in [4.78, 5) is 16.9. The first-order valence-electron chi connectivity index (χ1n) is 8.98. The number of pyridine rings is 1. The number of aromatic nitrogens is 2. The van der Waals surface area contributed by atoms with E-state index < -0.39 is 0 Å². The minimum absolute atomic E-state index is 0.00874. The molecule has 1 aromatic carbocycles. The van der Waals surface area contributed by atoms with Crippen molar-refractivity contribution in [1.82, 2.24) is 14.7 Å². The lowest BCUT2D eigenvalue weighted by Gasteiger charge is -2.14. The van der Waals surface area contributed by atoms with E-state index in [4.69, 9.17) is 9.47 Å². The maximum absolute atomic E-state index is 12.3. The van der Waals surface area contributed by atoms with E-state index in [1.807, 2.05) is 41.1 Å². The second-order valence-electron chi connectivity index (χ2n) is 6.53. The molecular weight excluding hydrogens is 344 g/mol. The highest BCUT2D eigenvalue weighted by Gasteiger charge is 2.22. The molecule has 7 heteroatoms. The first-order chi connectivity index (χ1) is 13.2. The van der Waals surface area contributed by atoms with Crippen LogP contribution >= 0.6 is 0 Å². The molecule has 0 radical (unpaired) electrons. The molecule has 1 fully saturated rings. The number of nitrogens with one attached hydrogen (secondary N) is 2. The Morgan fingerprint density at radius 2 is 2.26 bits per heavy atom. The van der Waals surface area contributed by atoms with E-state index in [-0.39, 0.29) is 11.8 Å². The summed E-state index contributed by atoms with van der Waals surface area (Å²) < 4.78 is 13.3. The number of fused-ring (bicyclic) bond motifs is 1. The molecule has 7 nitrogen and oxygen atoms in total. The van der Waals surface area contributed by atoms with Gasteiger partial charge in [0.15, 0.2) is 11.5 Å². The maximum atomic E-state index is 12.3. The molecule has 3 aromatic rings. The van der Waals surface area contributed by atoms with Crippen LogP contribution in [-0.4, -0.2) is 35.5 Å². The molecule has 2 N–H and O–H groups in total. The molecule has 27 heavy (non-hydrogen) atoms. The molecule has 1 aliphatic rings. The van der Waals surface area contributed by atoms with Crippen molar-refractivity contribution in [2.45, 2.75) is 13.0 Å². The Labute approximate surface area is 157 Å². The van der Waals surface area contributed by atoms with Gasteiger partial charge < -0.3 is 24.5 Å². The van der Waals surface area contributed by atoms with Gasteiger partial charge in [-0.25, -0.2) is 4.98 Å². The predicted octanol–water partition coefficient (Wildman–Crippen LogP) is 2.47. The topological polar surface area (TPSA) is 76.9 Å². The molecule has 1 aliphatic heterocycles. The molecule has 1 amide bonds. The number of imidazole rings is 1. The standard InChI is InChI=1S/C20H22N4O3/c1-26-17-6-5-15(23-20(25)14-7-8-21-11-14)10-18(17)27-13-16-12-24-9-3-2-4-19(24)22-16/h2-6,9-10,12,14,21H,7-8,11,13H2,1H3,(H,23,25). The predicted molar refractivity (Wildman–Crippen MR) is 102 cm³/mol. The summed E-state index contributed by atoms with van der Waals surface area (Å²) in [5.41, 5.74) is 2.38. The van der Waals surface area contributed by atoms with Crippen LogP contribution < -0.4 is 20.1 Å². The molecule has 1 unspecified atom stereocenters. The van der Waals surface area contributed by atoms with Crippen LogP contribution in [0.3, 0.4) is 0 Å². The fourth-order valence-electron chi connectivity index (χ4n) is 3.20. The van der Waals surface area contributed by atoms with Gasteiger partial charge in [-0.05, 0) is 37.2 Å². The highest BCUT2D eigenvalue weighted by atomic mass is 16.5. The fraction of sp³-hybridized carbons (Fsp3) is 0.300. The van der Waals surface area contributed by atoms with Crippen LogP contribution in [0, 0.1) is 5.92 Å². The normalized spacial score (nSPS) is 16.4. The van der Waals surface area contributed by atoms with Gasteiger partial charge in [0.05, 0.1) is 18.7 Å². The smallest absolute Gasteiger partial charge is 0.228 e. The van der Waals surface area contributed by atoms with Crippen molar-refractivity contribution in [3.63, 3.8) is 0 Å². The Kier molecular flexibility index (Phi) is 4.93. The van der Waals surface area contributed by atoms with Gasteiger partial charge in [-0.1, -0.05) is 6.07 Å². The summed E-state index contributed by atoms with van der Waals surface area (Å²) >= 11 is 0. The zero-order chi connectivity index (χ0) is 18.6. The molecular formula is C20H22N4O3. The lowest BCUT2D eigenvalue weighted by molar-refractivity contribution is -0.119. The number of anilines is 1. The van der Waals surface area contributed by atoms with Crippen LogP contribution in [0.1, 0.15) is 12.1 Å². The van der Waals surface area contributed by atoms with Crippen molar-refractivity contribution in [1.29, 1.82) is 0 Å². The summed E-state index contributed by atoms with van der Waals surface area (Å²) in [7, 11) is 1.59. The number of amides is 1. The molecule has 0 spiro atoms. The Morgan fingerprint density at radius 3 is 3.04 bits per heavy atom. The average Bonchev–Trinajstić information content (AvgIpc) is 3.36. The van der Waals surface area contributed by atoms with Gasteiger partial charge in [0.2, 0.25) is 5.91 Å². The summed E-state index contributed by atoms with van der Waals surface area (Å²) in [5, 5.41) is 6.16. The number of methoxy groups -OCH3 is 1. The van der Waals surface area contributed by atoms with Gasteiger partial charge in [0.25, 0.3) is 0 Å². The second-order valence-corrected chi connectivity index (χ2v) is 6.53. The Balaban J connectivity index is 1.47. The summed E-state index contributed by atoms with van der Waals surface area (Å²) in [6.07, 6.45) is 4.74. The van der Waals surface area contributed by atoms with E-state index in [2.05, 4.69) is 15.6 Å². The molecule has 0 bridgehead atoms. The number of carbonyl (C=O) groups excluding carboxylic acids is 1. The maximum Gasteiger partial charge on any atom is 0.228 e.